The lowest BCUT2D eigenvalue weighted by atomic mass is 10.1. The van der Waals surface area contributed by atoms with E-state index in [2.05, 4.69) is 17.1 Å². The van der Waals surface area contributed by atoms with Gasteiger partial charge < -0.3 is 5.32 Å². The fraction of sp³-hybridized carbons (Fsp3) is 0.600. The Balaban J connectivity index is 1.69. The summed E-state index contributed by atoms with van der Waals surface area (Å²) in [7, 11) is 0. The van der Waals surface area contributed by atoms with Crippen molar-refractivity contribution in [3.63, 3.8) is 0 Å². The summed E-state index contributed by atoms with van der Waals surface area (Å²) >= 11 is 0. The van der Waals surface area contributed by atoms with Crippen LogP contribution in [0, 0.1) is 12.7 Å². The first-order chi connectivity index (χ1) is 8.70. The van der Waals surface area contributed by atoms with Crippen LogP contribution < -0.4 is 5.32 Å². The Labute approximate surface area is 109 Å². The molecule has 0 radical (unpaired) electrons. The van der Waals surface area contributed by atoms with Gasteiger partial charge in [-0.2, -0.15) is 0 Å². The van der Waals surface area contributed by atoms with Crippen LogP contribution in [0.25, 0.3) is 0 Å². The van der Waals surface area contributed by atoms with Crippen molar-refractivity contribution in [1.29, 1.82) is 0 Å². The Morgan fingerprint density at radius 2 is 2.17 bits per heavy atom. The minimum absolute atomic E-state index is 0.121. The number of aryl methyl sites for hydroxylation is 1. The molecule has 1 aliphatic carbocycles. The van der Waals surface area contributed by atoms with E-state index in [0.29, 0.717) is 0 Å². The van der Waals surface area contributed by atoms with Gasteiger partial charge in [0, 0.05) is 25.7 Å². The SMILES string of the molecule is CCN(CCNCc1ccc(F)c(C)c1)C1CC1. The first-order valence-corrected chi connectivity index (χ1v) is 6.90. The van der Waals surface area contributed by atoms with Gasteiger partial charge >= 0.3 is 0 Å². The van der Waals surface area contributed by atoms with Crippen molar-refractivity contribution in [2.75, 3.05) is 19.6 Å². The van der Waals surface area contributed by atoms with Crippen LogP contribution in [0.4, 0.5) is 4.39 Å². The van der Waals surface area contributed by atoms with E-state index >= 15 is 0 Å². The van der Waals surface area contributed by atoms with Gasteiger partial charge in [-0.3, -0.25) is 4.90 Å². The van der Waals surface area contributed by atoms with Crippen molar-refractivity contribution >= 4 is 0 Å². The van der Waals surface area contributed by atoms with Crippen molar-refractivity contribution in [3.05, 3.63) is 35.1 Å². The summed E-state index contributed by atoms with van der Waals surface area (Å²) in [5.74, 6) is -0.121. The van der Waals surface area contributed by atoms with E-state index < -0.39 is 0 Å². The molecule has 1 aromatic rings. The average molecular weight is 250 g/mol. The van der Waals surface area contributed by atoms with Crippen LogP contribution in [-0.2, 0) is 6.54 Å². The van der Waals surface area contributed by atoms with Gasteiger partial charge in [-0.15, -0.1) is 0 Å². The van der Waals surface area contributed by atoms with Gasteiger partial charge in [0.25, 0.3) is 0 Å². The molecule has 1 N–H and O–H groups in total. The quantitative estimate of drug-likeness (QED) is 0.749. The lowest BCUT2D eigenvalue weighted by Gasteiger charge is -2.19. The van der Waals surface area contributed by atoms with Gasteiger partial charge in [0.15, 0.2) is 0 Å². The third kappa shape index (κ3) is 3.79. The highest BCUT2D eigenvalue weighted by atomic mass is 19.1. The molecule has 0 aromatic heterocycles. The average Bonchev–Trinajstić information content (AvgIpc) is 3.18. The Kier molecular flexibility index (Phi) is 4.72. The number of benzene rings is 1. The molecule has 3 heteroatoms. The van der Waals surface area contributed by atoms with Crippen LogP contribution in [0.5, 0.6) is 0 Å². The van der Waals surface area contributed by atoms with E-state index in [0.717, 1.165) is 43.3 Å². The molecule has 2 rings (SSSR count). The van der Waals surface area contributed by atoms with E-state index in [1.165, 1.54) is 12.8 Å². The Hall–Kier alpha value is -0.930. The van der Waals surface area contributed by atoms with Gasteiger partial charge in [0.05, 0.1) is 0 Å². The van der Waals surface area contributed by atoms with Crippen LogP contribution in [0.2, 0.25) is 0 Å². The zero-order valence-electron chi connectivity index (χ0n) is 11.4. The first kappa shape index (κ1) is 13.5. The van der Waals surface area contributed by atoms with Crippen molar-refractivity contribution in [2.45, 2.75) is 39.3 Å². The molecule has 0 amide bonds. The van der Waals surface area contributed by atoms with Gasteiger partial charge in [-0.1, -0.05) is 19.1 Å². The van der Waals surface area contributed by atoms with Crippen LogP contribution in [-0.4, -0.2) is 30.6 Å². The van der Waals surface area contributed by atoms with E-state index in [4.69, 9.17) is 0 Å². The molecule has 1 fully saturated rings. The van der Waals surface area contributed by atoms with Crippen LogP contribution >= 0.6 is 0 Å². The number of halogens is 1. The number of rotatable bonds is 7. The van der Waals surface area contributed by atoms with Gasteiger partial charge in [-0.05, 0) is 43.5 Å². The zero-order valence-corrected chi connectivity index (χ0v) is 11.4. The molecule has 1 saturated carbocycles. The molecule has 0 aliphatic heterocycles. The monoisotopic (exact) mass is 250 g/mol. The zero-order chi connectivity index (χ0) is 13.0. The molecular formula is C15H23FN2. The molecular weight excluding hydrogens is 227 g/mol. The summed E-state index contributed by atoms with van der Waals surface area (Å²) in [5, 5.41) is 3.43. The van der Waals surface area contributed by atoms with Gasteiger partial charge in [0.2, 0.25) is 0 Å². The smallest absolute Gasteiger partial charge is 0.126 e. The summed E-state index contributed by atoms with van der Waals surface area (Å²) in [6.07, 6.45) is 2.73. The van der Waals surface area contributed by atoms with E-state index in [1.54, 1.807) is 6.07 Å². The summed E-state index contributed by atoms with van der Waals surface area (Å²) in [4.78, 5) is 2.53. The van der Waals surface area contributed by atoms with Gasteiger partial charge in [-0.25, -0.2) is 4.39 Å². The lowest BCUT2D eigenvalue weighted by Crippen LogP contribution is -2.33. The third-order valence-electron chi connectivity index (χ3n) is 3.60. The second-order valence-electron chi connectivity index (χ2n) is 5.12. The Morgan fingerprint density at radius 3 is 2.78 bits per heavy atom. The van der Waals surface area contributed by atoms with Crippen LogP contribution in [0.1, 0.15) is 30.9 Å². The third-order valence-corrected chi connectivity index (χ3v) is 3.60. The number of hydrogen-bond acceptors (Lipinski definition) is 2. The fourth-order valence-corrected chi connectivity index (χ4v) is 2.31. The molecule has 0 bridgehead atoms. The van der Waals surface area contributed by atoms with Crippen molar-refractivity contribution in [1.82, 2.24) is 10.2 Å². The van der Waals surface area contributed by atoms with Crippen LogP contribution in [0.3, 0.4) is 0 Å². The number of likely N-dealkylation sites (N-methyl/N-ethyl adjacent to an activating group) is 1. The molecule has 0 heterocycles. The summed E-state index contributed by atoms with van der Waals surface area (Å²) < 4.78 is 13.1. The molecule has 2 nitrogen and oxygen atoms in total. The van der Waals surface area contributed by atoms with Crippen LogP contribution in [0.15, 0.2) is 18.2 Å². The van der Waals surface area contributed by atoms with E-state index in [9.17, 15) is 4.39 Å². The largest absolute Gasteiger partial charge is 0.311 e. The molecule has 0 saturated heterocycles. The molecule has 1 aliphatic rings. The summed E-state index contributed by atoms with van der Waals surface area (Å²) in [5.41, 5.74) is 1.88. The maximum atomic E-state index is 13.1. The Morgan fingerprint density at radius 1 is 1.39 bits per heavy atom. The summed E-state index contributed by atoms with van der Waals surface area (Å²) in [6.45, 7) is 8.11. The molecule has 0 atom stereocenters. The highest BCUT2D eigenvalue weighted by Crippen LogP contribution is 2.25. The highest BCUT2D eigenvalue weighted by Gasteiger charge is 2.26. The predicted molar refractivity (Wildman–Crippen MR) is 73.1 cm³/mol. The minimum atomic E-state index is -0.121. The standard InChI is InChI=1S/C15H23FN2/c1-3-18(14-5-6-14)9-8-17-11-13-4-7-15(16)12(2)10-13/h4,7,10,14,17H,3,5-6,8-9,11H2,1-2H3. The first-order valence-electron chi connectivity index (χ1n) is 6.90. The number of hydrogen-bond donors (Lipinski definition) is 1. The topological polar surface area (TPSA) is 15.3 Å². The molecule has 0 spiro atoms. The van der Waals surface area contributed by atoms with Gasteiger partial charge in [0.1, 0.15) is 5.82 Å². The number of nitrogens with zero attached hydrogens (tertiary/aromatic N) is 1. The molecule has 100 valence electrons. The second kappa shape index (κ2) is 6.30. The molecule has 0 unspecified atom stereocenters. The van der Waals surface area contributed by atoms with E-state index in [1.807, 2.05) is 19.1 Å². The van der Waals surface area contributed by atoms with Crippen molar-refractivity contribution in [2.24, 2.45) is 0 Å². The van der Waals surface area contributed by atoms with Crippen molar-refractivity contribution < 1.29 is 4.39 Å². The van der Waals surface area contributed by atoms with E-state index in [-0.39, 0.29) is 5.82 Å². The molecule has 1 aromatic carbocycles. The fourth-order valence-electron chi connectivity index (χ4n) is 2.31. The normalized spacial score (nSPS) is 15.3. The maximum absolute atomic E-state index is 13.1. The van der Waals surface area contributed by atoms with Crippen molar-refractivity contribution in [3.8, 4) is 0 Å². The summed E-state index contributed by atoms with van der Waals surface area (Å²) in [6, 6.07) is 6.16. The Bertz CT molecular complexity index is 388. The lowest BCUT2D eigenvalue weighted by molar-refractivity contribution is 0.277. The number of nitrogens with one attached hydrogen (secondary N) is 1. The maximum Gasteiger partial charge on any atom is 0.126 e. The predicted octanol–water partition coefficient (Wildman–Crippen LogP) is 2.71. The minimum Gasteiger partial charge on any atom is -0.311 e. The second-order valence-corrected chi connectivity index (χ2v) is 5.12. The highest BCUT2D eigenvalue weighted by molar-refractivity contribution is 5.23. The molecule has 18 heavy (non-hydrogen) atoms.